The molecule has 0 aliphatic rings. The van der Waals surface area contributed by atoms with Crippen LogP contribution in [-0.2, 0) is 0 Å². The zero-order valence-electron chi connectivity index (χ0n) is 9.20. The van der Waals surface area contributed by atoms with Gasteiger partial charge in [-0.1, -0.05) is 11.1 Å². The van der Waals surface area contributed by atoms with Gasteiger partial charge >= 0.3 is 0 Å². The number of rotatable bonds is 3. The number of nitrogens with two attached hydrogens (primary N) is 2. The minimum atomic E-state index is -0.0354. The first-order valence-corrected chi connectivity index (χ1v) is 4.38. The molecule has 4 heteroatoms. The van der Waals surface area contributed by atoms with Crippen LogP contribution in [0, 0.1) is 0 Å². The third kappa shape index (κ3) is 7.09. The molecule has 14 heavy (non-hydrogen) atoms. The van der Waals surface area contributed by atoms with Crippen LogP contribution in [0.2, 0.25) is 0 Å². The largest absolute Gasteiger partial charge is 0.369 e. The van der Waals surface area contributed by atoms with Crippen molar-refractivity contribution in [1.29, 1.82) is 0 Å². The molecule has 0 aliphatic carbocycles. The zero-order chi connectivity index (χ0) is 11.1. The van der Waals surface area contributed by atoms with Crippen LogP contribution < -0.4 is 11.5 Å². The summed E-state index contributed by atoms with van der Waals surface area (Å²) in [5, 5.41) is 7.51. The lowest BCUT2D eigenvalue weighted by Gasteiger charge is -1.94. The molecule has 0 aromatic heterocycles. The summed E-state index contributed by atoms with van der Waals surface area (Å²) in [6, 6.07) is 0. The van der Waals surface area contributed by atoms with Crippen LogP contribution in [0.3, 0.4) is 0 Å². The van der Waals surface area contributed by atoms with Gasteiger partial charge in [-0.15, -0.1) is 10.2 Å². The standard InChI is InChI=1S/C10H18N4/c1-7(2)5-9(6-8(3)4)13-14-10(11)12/h5-6H,1-4H3,(H4,11,12,14). The summed E-state index contributed by atoms with van der Waals surface area (Å²) < 4.78 is 0. The zero-order valence-corrected chi connectivity index (χ0v) is 9.20. The Labute approximate surface area is 85.1 Å². The molecule has 4 nitrogen and oxygen atoms in total. The van der Waals surface area contributed by atoms with E-state index in [9.17, 15) is 0 Å². The first-order valence-electron chi connectivity index (χ1n) is 4.38. The quantitative estimate of drug-likeness (QED) is 0.406. The van der Waals surface area contributed by atoms with Crippen LogP contribution in [0.1, 0.15) is 27.7 Å². The van der Waals surface area contributed by atoms with Gasteiger partial charge < -0.3 is 11.5 Å². The van der Waals surface area contributed by atoms with E-state index in [2.05, 4.69) is 10.2 Å². The van der Waals surface area contributed by atoms with Crippen LogP contribution >= 0.6 is 0 Å². The van der Waals surface area contributed by atoms with E-state index in [-0.39, 0.29) is 5.96 Å². The predicted molar refractivity (Wildman–Crippen MR) is 62.1 cm³/mol. The van der Waals surface area contributed by atoms with Crippen LogP contribution in [0.4, 0.5) is 0 Å². The van der Waals surface area contributed by atoms with Gasteiger partial charge in [0.2, 0.25) is 5.96 Å². The van der Waals surface area contributed by atoms with E-state index in [1.165, 1.54) is 0 Å². The molecule has 0 aromatic rings. The average molecular weight is 194 g/mol. The van der Waals surface area contributed by atoms with Crippen molar-refractivity contribution in [3.05, 3.63) is 23.3 Å². The Morgan fingerprint density at radius 2 is 1.29 bits per heavy atom. The van der Waals surface area contributed by atoms with E-state index < -0.39 is 0 Å². The number of nitrogens with zero attached hydrogens (tertiary/aromatic N) is 2. The van der Waals surface area contributed by atoms with E-state index in [1.54, 1.807) is 0 Å². The molecular weight excluding hydrogens is 176 g/mol. The maximum atomic E-state index is 5.18. The maximum absolute atomic E-state index is 5.18. The lowest BCUT2D eigenvalue weighted by atomic mass is 10.2. The summed E-state index contributed by atoms with van der Waals surface area (Å²) in [6.45, 7) is 7.96. The highest BCUT2D eigenvalue weighted by molar-refractivity contribution is 6.04. The van der Waals surface area contributed by atoms with E-state index in [1.807, 2.05) is 39.8 Å². The summed E-state index contributed by atoms with van der Waals surface area (Å²) in [5.41, 5.74) is 13.4. The van der Waals surface area contributed by atoms with Crippen molar-refractivity contribution < 1.29 is 0 Å². The van der Waals surface area contributed by atoms with Crippen LogP contribution in [0.5, 0.6) is 0 Å². The molecular formula is C10H18N4. The molecule has 4 N–H and O–H groups in total. The molecule has 0 atom stereocenters. The Hall–Kier alpha value is -1.58. The Balaban J connectivity index is 4.92. The lowest BCUT2D eigenvalue weighted by Crippen LogP contribution is -2.22. The first kappa shape index (κ1) is 12.4. The van der Waals surface area contributed by atoms with Gasteiger partial charge in [-0.3, -0.25) is 0 Å². The molecule has 78 valence electrons. The fourth-order valence-electron chi connectivity index (χ4n) is 0.806. The van der Waals surface area contributed by atoms with Crippen LogP contribution in [0.15, 0.2) is 33.5 Å². The highest BCUT2D eigenvalue weighted by atomic mass is 15.3. The Morgan fingerprint density at radius 1 is 0.857 bits per heavy atom. The molecule has 0 aromatic carbocycles. The van der Waals surface area contributed by atoms with E-state index in [4.69, 9.17) is 11.5 Å². The van der Waals surface area contributed by atoms with Gasteiger partial charge in [0.05, 0.1) is 5.71 Å². The minimum absolute atomic E-state index is 0.0354. The molecule has 0 bridgehead atoms. The number of hydrogen-bond donors (Lipinski definition) is 2. The highest BCUT2D eigenvalue weighted by Gasteiger charge is 1.90. The Morgan fingerprint density at radius 3 is 1.57 bits per heavy atom. The van der Waals surface area contributed by atoms with Crippen molar-refractivity contribution in [2.24, 2.45) is 21.7 Å². The summed E-state index contributed by atoms with van der Waals surface area (Å²) in [6.07, 6.45) is 3.83. The van der Waals surface area contributed by atoms with Gasteiger partial charge in [-0.05, 0) is 39.8 Å². The normalized spacial score (nSPS) is 8.57. The molecule has 0 heterocycles. The summed E-state index contributed by atoms with van der Waals surface area (Å²) in [4.78, 5) is 0. The molecule has 0 amide bonds. The van der Waals surface area contributed by atoms with Gasteiger partial charge in [-0.25, -0.2) is 0 Å². The van der Waals surface area contributed by atoms with E-state index in [0.717, 1.165) is 16.9 Å². The minimum Gasteiger partial charge on any atom is -0.369 e. The Kier molecular flexibility index (Phi) is 5.29. The highest BCUT2D eigenvalue weighted by Crippen LogP contribution is 1.98. The molecule has 0 spiro atoms. The van der Waals surface area contributed by atoms with E-state index in [0.29, 0.717) is 0 Å². The topological polar surface area (TPSA) is 76.8 Å². The van der Waals surface area contributed by atoms with Crippen molar-refractivity contribution in [2.45, 2.75) is 27.7 Å². The van der Waals surface area contributed by atoms with E-state index >= 15 is 0 Å². The maximum Gasteiger partial charge on any atom is 0.211 e. The summed E-state index contributed by atoms with van der Waals surface area (Å²) in [5.74, 6) is -0.0354. The van der Waals surface area contributed by atoms with Crippen molar-refractivity contribution in [3.63, 3.8) is 0 Å². The van der Waals surface area contributed by atoms with Gasteiger partial charge in [-0.2, -0.15) is 0 Å². The number of guanidine groups is 1. The monoisotopic (exact) mass is 194 g/mol. The lowest BCUT2D eigenvalue weighted by molar-refractivity contribution is 1.20. The SMILES string of the molecule is CC(C)=CC(C=C(C)C)=NN=C(N)N. The van der Waals surface area contributed by atoms with Crippen molar-refractivity contribution in [3.8, 4) is 0 Å². The first-order chi connectivity index (χ1) is 6.41. The van der Waals surface area contributed by atoms with Crippen molar-refractivity contribution in [1.82, 2.24) is 0 Å². The molecule has 0 fully saturated rings. The molecule has 0 unspecified atom stereocenters. The second-order valence-corrected chi connectivity index (χ2v) is 3.49. The number of hydrogen-bond acceptors (Lipinski definition) is 2. The van der Waals surface area contributed by atoms with Gasteiger partial charge in [0, 0.05) is 0 Å². The Bertz CT molecular complexity index is 276. The van der Waals surface area contributed by atoms with Gasteiger partial charge in [0.25, 0.3) is 0 Å². The second kappa shape index (κ2) is 5.96. The fraction of sp³-hybridized carbons (Fsp3) is 0.400. The predicted octanol–water partition coefficient (Wildman–Crippen LogP) is 1.55. The van der Waals surface area contributed by atoms with Crippen molar-refractivity contribution in [2.75, 3.05) is 0 Å². The summed E-state index contributed by atoms with van der Waals surface area (Å²) >= 11 is 0. The van der Waals surface area contributed by atoms with Gasteiger partial charge in [0.1, 0.15) is 0 Å². The summed E-state index contributed by atoms with van der Waals surface area (Å²) in [7, 11) is 0. The average Bonchev–Trinajstić information content (AvgIpc) is 1.97. The molecule has 0 radical (unpaired) electrons. The second-order valence-electron chi connectivity index (χ2n) is 3.49. The molecule has 0 aliphatic heterocycles. The fourth-order valence-corrected chi connectivity index (χ4v) is 0.806. The van der Waals surface area contributed by atoms with Crippen molar-refractivity contribution >= 4 is 11.7 Å². The third-order valence-electron chi connectivity index (χ3n) is 1.15. The van der Waals surface area contributed by atoms with Gasteiger partial charge in [0.15, 0.2) is 0 Å². The molecule has 0 saturated carbocycles. The smallest absolute Gasteiger partial charge is 0.211 e. The third-order valence-corrected chi connectivity index (χ3v) is 1.15. The molecule has 0 saturated heterocycles. The number of allylic oxidation sites excluding steroid dienone is 4. The molecule has 0 rings (SSSR count). The van der Waals surface area contributed by atoms with Crippen LogP contribution in [0.25, 0.3) is 0 Å². The van der Waals surface area contributed by atoms with Crippen LogP contribution in [-0.4, -0.2) is 11.7 Å².